The van der Waals surface area contributed by atoms with Gasteiger partial charge in [0, 0.05) is 9.75 Å². The molecule has 0 aliphatic carbocycles. The summed E-state index contributed by atoms with van der Waals surface area (Å²) in [5, 5.41) is 9.64. The maximum Gasteiger partial charge on any atom is 0.336 e. The Labute approximate surface area is 171 Å². The molecule has 28 heavy (non-hydrogen) atoms. The molecule has 1 heterocycles. The SMILES string of the molecule is CCc1cc(-c2ccc(-c3c(CC)cccc3CC)s2)cc(CC)c1C(=O)O. The number of aromatic carboxylic acids is 1. The number of carboxylic acids is 1. The summed E-state index contributed by atoms with van der Waals surface area (Å²) in [5.41, 5.74) is 7.59. The molecule has 2 aromatic carbocycles. The zero-order chi connectivity index (χ0) is 20.3. The zero-order valence-electron chi connectivity index (χ0n) is 17.1. The molecule has 0 unspecified atom stereocenters. The van der Waals surface area contributed by atoms with Crippen LogP contribution in [-0.2, 0) is 25.7 Å². The Morgan fingerprint density at radius 3 is 1.75 bits per heavy atom. The van der Waals surface area contributed by atoms with Crippen LogP contribution < -0.4 is 0 Å². The van der Waals surface area contributed by atoms with Crippen LogP contribution in [0.15, 0.2) is 42.5 Å². The van der Waals surface area contributed by atoms with Crippen molar-refractivity contribution in [2.75, 3.05) is 0 Å². The van der Waals surface area contributed by atoms with E-state index in [2.05, 4.69) is 56.3 Å². The molecule has 3 rings (SSSR count). The van der Waals surface area contributed by atoms with Crippen molar-refractivity contribution in [1.82, 2.24) is 0 Å². The van der Waals surface area contributed by atoms with E-state index < -0.39 is 5.97 Å². The number of carbonyl (C=O) groups is 1. The van der Waals surface area contributed by atoms with E-state index in [0.29, 0.717) is 5.56 Å². The standard InChI is InChI=1S/C25H28O2S/c1-5-16-10-9-11-17(6-2)23(16)22-13-12-21(28-22)20-14-18(7-3)24(25(26)27)19(8-4)15-20/h9-15H,5-8H2,1-4H3,(H,26,27). The predicted octanol–water partition coefficient (Wildman–Crippen LogP) is 7.03. The molecule has 0 amide bonds. The van der Waals surface area contributed by atoms with Crippen LogP contribution in [0.2, 0.25) is 0 Å². The average Bonchev–Trinajstić information content (AvgIpc) is 3.21. The molecule has 1 N–H and O–H groups in total. The van der Waals surface area contributed by atoms with Gasteiger partial charge in [-0.3, -0.25) is 0 Å². The number of rotatable bonds is 7. The maximum absolute atomic E-state index is 11.7. The average molecular weight is 393 g/mol. The van der Waals surface area contributed by atoms with E-state index in [1.807, 2.05) is 13.8 Å². The summed E-state index contributed by atoms with van der Waals surface area (Å²) >= 11 is 1.80. The number of aryl methyl sites for hydroxylation is 4. The van der Waals surface area contributed by atoms with Gasteiger partial charge in [0.1, 0.15) is 0 Å². The van der Waals surface area contributed by atoms with Crippen molar-refractivity contribution >= 4 is 17.3 Å². The molecule has 0 saturated carbocycles. The van der Waals surface area contributed by atoms with Gasteiger partial charge in [-0.05, 0) is 83.3 Å². The highest BCUT2D eigenvalue weighted by Gasteiger charge is 2.17. The van der Waals surface area contributed by atoms with Crippen molar-refractivity contribution in [2.24, 2.45) is 0 Å². The molecular formula is C25H28O2S. The molecule has 0 spiro atoms. The number of hydrogen-bond donors (Lipinski definition) is 1. The van der Waals surface area contributed by atoms with E-state index in [-0.39, 0.29) is 0 Å². The second kappa shape index (κ2) is 8.74. The normalized spacial score (nSPS) is 11.0. The summed E-state index contributed by atoms with van der Waals surface area (Å²) in [6.07, 6.45) is 3.48. The highest BCUT2D eigenvalue weighted by molar-refractivity contribution is 7.18. The lowest BCUT2D eigenvalue weighted by Gasteiger charge is -2.13. The molecule has 0 fully saturated rings. The Balaban J connectivity index is 2.12. The number of thiophene rings is 1. The van der Waals surface area contributed by atoms with Crippen molar-refractivity contribution in [3.8, 4) is 20.9 Å². The lowest BCUT2D eigenvalue weighted by Crippen LogP contribution is -2.07. The van der Waals surface area contributed by atoms with Crippen molar-refractivity contribution in [3.05, 3.63) is 70.3 Å². The van der Waals surface area contributed by atoms with Crippen LogP contribution in [0.4, 0.5) is 0 Å². The highest BCUT2D eigenvalue weighted by Crippen LogP contribution is 2.39. The Morgan fingerprint density at radius 2 is 1.29 bits per heavy atom. The maximum atomic E-state index is 11.7. The summed E-state index contributed by atoms with van der Waals surface area (Å²) in [6, 6.07) is 15.1. The Bertz CT molecular complexity index is 950. The number of benzene rings is 2. The fourth-order valence-electron chi connectivity index (χ4n) is 3.93. The van der Waals surface area contributed by atoms with E-state index in [1.54, 1.807) is 11.3 Å². The minimum absolute atomic E-state index is 0.482. The third-order valence-corrected chi connectivity index (χ3v) is 6.56. The van der Waals surface area contributed by atoms with Gasteiger partial charge in [0.25, 0.3) is 0 Å². The van der Waals surface area contributed by atoms with Crippen molar-refractivity contribution in [3.63, 3.8) is 0 Å². The third kappa shape index (κ3) is 3.77. The van der Waals surface area contributed by atoms with Crippen LogP contribution in [-0.4, -0.2) is 11.1 Å². The largest absolute Gasteiger partial charge is 0.478 e. The van der Waals surface area contributed by atoms with Gasteiger partial charge in [0.05, 0.1) is 5.56 Å². The second-order valence-corrected chi connectivity index (χ2v) is 8.09. The van der Waals surface area contributed by atoms with Gasteiger partial charge in [-0.15, -0.1) is 11.3 Å². The minimum atomic E-state index is -0.823. The van der Waals surface area contributed by atoms with Crippen molar-refractivity contribution in [2.45, 2.75) is 53.4 Å². The van der Waals surface area contributed by atoms with Crippen LogP contribution in [0.3, 0.4) is 0 Å². The highest BCUT2D eigenvalue weighted by atomic mass is 32.1. The lowest BCUT2D eigenvalue weighted by molar-refractivity contribution is 0.0694. The number of hydrogen-bond acceptors (Lipinski definition) is 2. The first-order valence-corrected chi connectivity index (χ1v) is 11.0. The van der Waals surface area contributed by atoms with Gasteiger partial charge in [0.15, 0.2) is 0 Å². The van der Waals surface area contributed by atoms with Crippen LogP contribution >= 0.6 is 11.3 Å². The first-order chi connectivity index (χ1) is 13.5. The van der Waals surface area contributed by atoms with E-state index >= 15 is 0 Å². The van der Waals surface area contributed by atoms with Gasteiger partial charge in [0.2, 0.25) is 0 Å². The zero-order valence-corrected chi connectivity index (χ0v) is 18.0. The molecule has 3 heteroatoms. The van der Waals surface area contributed by atoms with Crippen LogP contribution in [0, 0.1) is 0 Å². The van der Waals surface area contributed by atoms with Gasteiger partial charge >= 0.3 is 5.97 Å². The Kier molecular flexibility index (Phi) is 6.35. The summed E-state index contributed by atoms with van der Waals surface area (Å²) in [6.45, 7) is 8.46. The van der Waals surface area contributed by atoms with E-state index in [4.69, 9.17) is 0 Å². The van der Waals surface area contributed by atoms with Crippen LogP contribution in [0.1, 0.15) is 60.3 Å². The fraction of sp³-hybridized carbons (Fsp3) is 0.320. The van der Waals surface area contributed by atoms with Gasteiger partial charge in [-0.2, -0.15) is 0 Å². The molecule has 0 radical (unpaired) electrons. The fourth-order valence-corrected chi connectivity index (χ4v) is 5.04. The quantitative estimate of drug-likeness (QED) is 0.468. The van der Waals surface area contributed by atoms with E-state index in [9.17, 15) is 9.90 Å². The summed E-state index contributed by atoms with van der Waals surface area (Å²) in [4.78, 5) is 14.2. The number of carboxylic acid groups (broad SMARTS) is 1. The topological polar surface area (TPSA) is 37.3 Å². The first-order valence-electron chi connectivity index (χ1n) is 10.1. The summed E-state index contributed by atoms with van der Waals surface area (Å²) in [7, 11) is 0. The molecule has 0 atom stereocenters. The van der Waals surface area contributed by atoms with E-state index in [0.717, 1.165) is 42.4 Å². The van der Waals surface area contributed by atoms with Crippen LogP contribution in [0.25, 0.3) is 20.9 Å². The monoisotopic (exact) mass is 392 g/mol. The molecule has 2 nitrogen and oxygen atoms in total. The molecule has 0 bridgehead atoms. The lowest BCUT2D eigenvalue weighted by atomic mass is 9.94. The second-order valence-electron chi connectivity index (χ2n) is 7.00. The Morgan fingerprint density at radius 1 is 0.786 bits per heavy atom. The first kappa shape index (κ1) is 20.3. The molecule has 3 aromatic rings. The van der Waals surface area contributed by atoms with Crippen molar-refractivity contribution < 1.29 is 9.90 Å². The van der Waals surface area contributed by atoms with Gasteiger partial charge < -0.3 is 5.11 Å². The summed E-state index contributed by atoms with van der Waals surface area (Å²) in [5.74, 6) is -0.823. The third-order valence-electron chi connectivity index (χ3n) is 5.41. The smallest absolute Gasteiger partial charge is 0.336 e. The van der Waals surface area contributed by atoms with E-state index in [1.165, 1.54) is 26.4 Å². The van der Waals surface area contributed by atoms with Crippen LogP contribution in [0.5, 0.6) is 0 Å². The summed E-state index contributed by atoms with van der Waals surface area (Å²) < 4.78 is 0. The molecular weight excluding hydrogens is 364 g/mol. The molecule has 146 valence electrons. The van der Waals surface area contributed by atoms with Gasteiger partial charge in [-0.25, -0.2) is 4.79 Å². The predicted molar refractivity (Wildman–Crippen MR) is 120 cm³/mol. The van der Waals surface area contributed by atoms with Crippen molar-refractivity contribution in [1.29, 1.82) is 0 Å². The molecule has 0 saturated heterocycles. The molecule has 0 aliphatic rings. The Hall–Kier alpha value is -2.39. The minimum Gasteiger partial charge on any atom is -0.478 e. The molecule has 1 aromatic heterocycles. The molecule has 0 aliphatic heterocycles. The van der Waals surface area contributed by atoms with Gasteiger partial charge in [-0.1, -0.05) is 45.9 Å².